The van der Waals surface area contributed by atoms with Gasteiger partial charge in [-0.25, -0.2) is 9.59 Å². The predicted molar refractivity (Wildman–Crippen MR) is 175 cm³/mol. The molecule has 4 amide bonds. The number of halogens is 1. The summed E-state index contributed by atoms with van der Waals surface area (Å²) in [6, 6.07) is 10.6. The number of benzene rings is 2. The van der Waals surface area contributed by atoms with Crippen molar-refractivity contribution in [2.45, 2.75) is 64.4 Å². The van der Waals surface area contributed by atoms with Gasteiger partial charge in [0.05, 0.1) is 25.5 Å². The lowest BCUT2D eigenvalue weighted by molar-refractivity contribution is -0.140. The highest BCUT2D eigenvalue weighted by molar-refractivity contribution is 6.31. The fourth-order valence-corrected chi connectivity index (χ4v) is 4.52. The molecule has 6 N–H and O–H groups in total. The van der Waals surface area contributed by atoms with Crippen molar-refractivity contribution in [2.75, 3.05) is 6.61 Å². The maximum absolute atomic E-state index is 13.7. The lowest BCUT2D eigenvalue weighted by atomic mass is 10.00. The Labute approximate surface area is 287 Å². The van der Waals surface area contributed by atoms with Crippen LogP contribution >= 0.6 is 11.6 Å². The zero-order valence-electron chi connectivity index (χ0n) is 27.0. The number of alkyl carbamates (subject to hydrolysis) is 1. The van der Waals surface area contributed by atoms with Crippen molar-refractivity contribution in [1.82, 2.24) is 21.3 Å². The molecule has 0 bridgehead atoms. The van der Waals surface area contributed by atoms with E-state index < -0.39 is 84.6 Å². The van der Waals surface area contributed by atoms with Gasteiger partial charge in [-0.15, -0.1) is 0 Å². The van der Waals surface area contributed by atoms with Crippen LogP contribution in [0.1, 0.15) is 50.8 Å². The molecule has 264 valence electrons. The number of amides is 4. The first-order valence-electron chi connectivity index (χ1n) is 15.1. The van der Waals surface area contributed by atoms with E-state index in [1.54, 1.807) is 69.3 Å². The lowest BCUT2D eigenvalue weighted by Gasteiger charge is -2.28. The first-order chi connectivity index (χ1) is 23.2. The number of carbonyl (C=O) groups excluding carboxylic acids is 5. The summed E-state index contributed by atoms with van der Waals surface area (Å²) in [5.74, 6) is -6.99. The van der Waals surface area contributed by atoms with Crippen LogP contribution in [-0.2, 0) is 44.8 Å². The molecular weight excluding hydrogens is 664 g/mol. The van der Waals surface area contributed by atoms with Gasteiger partial charge in [0.15, 0.2) is 0 Å². The minimum Gasteiger partial charge on any atom is -0.481 e. The molecule has 2 aromatic rings. The van der Waals surface area contributed by atoms with Crippen LogP contribution in [-0.4, -0.2) is 76.7 Å². The van der Waals surface area contributed by atoms with Gasteiger partial charge >= 0.3 is 24.0 Å². The number of aliphatic carboxylic acids is 2. The molecule has 15 nitrogen and oxygen atoms in total. The second-order valence-corrected chi connectivity index (χ2v) is 11.3. The fraction of sp³-hybridized carbons (Fsp3) is 0.364. The molecule has 0 spiro atoms. The van der Waals surface area contributed by atoms with Gasteiger partial charge < -0.3 is 41.0 Å². The Kier molecular flexibility index (Phi) is 16.3. The average Bonchev–Trinajstić information content (AvgIpc) is 3.04. The molecule has 0 fully saturated rings. The smallest absolute Gasteiger partial charge is 0.408 e. The highest BCUT2D eigenvalue weighted by atomic mass is 35.5. The van der Waals surface area contributed by atoms with Crippen molar-refractivity contribution in [1.29, 1.82) is 0 Å². The molecule has 16 heteroatoms. The van der Waals surface area contributed by atoms with Gasteiger partial charge in [-0.3, -0.25) is 24.0 Å². The summed E-state index contributed by atoms with van der Waals surface area (Å²) in [6.07, 6.45) is -1.79. The molecule has 0 saturated carbocycles. The number of nitrogens with one attached hydrogen (secondary N) is 4. The van der Waals surface area contributed by atoms with E-state index in [0.717, 1.165) is 6.08 Å². The van der Waals surface area contributed by atoms with Gasteiger partial charge in [0.2, 0.25) is 17.7 Å². The minimum atomic E-state index is -1.66. The third-order valence-corrected chi connectivity index (χ3v) is 7.07. The SMILES string of the molecule is CCOC(=O)/C=C(\Cl)[C@H](CC(=O)O)NC(=O)[C@@H](NC(=O)[C@@H](NC(=O)[C@H](CC(=O)O)NC(=O)OCc1ccccc1)c1ccccc1)C(C)C. The summed E-state index contributed by atoms with van der Waals surface area (Å²) in [5.41, 5.74) is 0.897. The van der Waals surface area contributed by atoms with E-state index in [4.69, 9.17) is 21.1 Å². The number of carboxylic acids is 2. The Morgan fingerprint density at radius 1 is 0.735 bits per heavy atom. The van der Waals surface area contributed by atoms with Crippen molar-refractivity contribution < 1.29 is 53.2 Å². The van der Waals surface area contributed by atoms with Crippen LogP contribution in [0, 0.1) is 5.92 Å². The van der Waals surface area contributed by atoms with Gasteiger partial charge in [-0.2, -0.15) is 0 Å². The van der Waals surface area contributed by atoms with E-state index in [0.29, 0.717) is 5.56 Å². The van der Waals surface area contributed by atoms with Gasteiger partial charge in [-0.1, -0.05) is 86.1 Å². The minimum absolute atomic E-state index is 0.0293. The Bertz CT molecular complexity index is 1500. The summed E-state index contributed by atoms with van der Waals surface area (Å²) < 4.78 is 9.90. The molecule has 0 saturated heterocycles. The number of carbonyl (C=O) groups is 7. The molecule has 0 unspecified atom stereocenters. The van der Waals surface area contributed by atoms with E-state index >= 15 is 0 Å². The third kappa shape index (κ3) is 14.1. The molecule has 2 rings (SSSR count). The van der Waals surface area contributed by atoms with E-state index in [1.165, 1.54) is 12.1 Å². The van der Waals surface area contributed by atoms with E-state index in [-0.39, 0.29) is 23.8 Å². The van der Waals surface area contributed by atoms with Crippen molar-refractivity contribution in [2.24, 2.45) is 5.92 Å². The first kappa shape index (κ1) is 39.7. The van der Waals surface area contributed by atoms with Gasteiger partial charge in [-0.05, 0) is 24.0 Å². The molecule has 2 aromatic carbocycles. The Balaban J connectivity index is 2.28. The van der Waals surface area contributed by atoms with E-state index in [1.807, 2.05) is 0 Å². The summed E-state index contributed by atoms with van der Waals surface area (Å²) in [5, 5.41) is 28.1. The normalized spacial score (nSPS) is 13.5. The van der Waals surface area contributed by atoms with Crippen LogP contribution in [0.3, 0.4) is 0 Å². The number of hydrogen-bond acceptors (Lipinski definition) is 9. The maximum atomic E-state index is 13.7. The van der Waals surface area contributed by atoms with Crippen LogP contribution < -0.4 is 21.3 Å². The number of esters is 1. The number of ether oxygens (including phenoxy) is 2. The monoisotopic (exact) mass is 702 g/mol. The van der Waals surface area contributed by atoms with Gasteiger partial charge in [0.25, 0.3) is 0 Å². The Hall–Kier alpha value is -5.44. The zero-order valence-corrected chi connectivity index (χ0v) is 27.8. The summed E-state index contributed by atoms with van der Waals surface area (Å²) in [4.78, 5) is 87.9. The summed E-state index contributed by atoms with van der Waals surface area (Å²) >= 11 is 6.16. The summed E-state index contributed by atoms with van der Waals surface area (Å²) in [7, 11) is 0. The molecule has 0 aliphatic carbocycles. The molecule has 0 aromatic heterocycles. The largest absolute Gasteiger partial charge is 0.481 e. The second kappa shape index (κ2) is 20.0. The highest BCUT2D eigenvalue weighted by Crippen LogP contribution is 2.17. The van der Waals surface area contributed by atoms with Crippen LogP contribution in [0.25, 0.3) is 0 Å². The second-order valence-electron chi connectivity index (χ2n) is 10.9. The zero-order chi connectivity index (χ0) is 36.5. The van der Waals surface area contributed by atoms with Crippen molar-refractivity contribution in [3.05, 3.63) is 82.9 Å². The molecule has 4 atom stereocenters. The predicted octanol–water partition coefficient (Wildman–Crippen LogP) is 2.40. The van der Waals surface area contributed by atoms with Crippen molar-refractivity contribution in [3.8, 4) is 0 Å². The van der Waals surface area contributed by atoms with Crippen molar-refractivity contribution in [3.63, 3.8) is 0 Å². The number of rotatable bonds is 18. The number of hydrogen-bond donors (Lipinski definition) is 6. The molecule has 0 heterocycles. The van der Waals surface area contributed by atoms with Crippen molar-refractivity contribution >= 4 is 53.3 Å². The topological polar surface area (TPSA) is 227 Å². The first-order valence-corrected chi connectivity index (χ1v) is 15.5. The Morgan fingerprint density at radius 3 is 1.86 bits per heavy atom. The van der Waals surface area contributed by atoms with Crippen LogP contribution in [0.2, 0.25) is 0 Å². The number of carboxylic acid groups (broad SMARTS) is 2. The summed E-state index contributed by atoms with van der Waals surface area (Å²) in [6.45, 7) is 4.62. The van der Waals surface area contributed by atoms with E-state index in [2.05, 4.69) is 21.3 Å². The average molecular weight is 703 g/mol. The quantitative estimate of drug-likeness (QED) is 0.0976. The third-order valence-electron chi connectivity index (χ3n) is 6.70. The molecular formula is C33H39ClN4O11. The Morgan fingerprint density at radius 2 is 1.31 bits per heavy atom. The van der Waals surface area contributed by atoms with Gasteiger partial charge in [0.1, 0.15) is 24.7 Å². The standard InChI is InChI=1S/C33H39ClN4O11/c1-4-48-27(43)15-22(34)23(16-25(39)40)35-31(45)28(19(2)3)37-32(46)29(21-13-9-6-10-14-21)38-30(44)24(17-26(41)42)36-33(47)49-18-20-11-7-5-8-12-20/h5-15,19,23-24,28-29H,4,16-18H2,1-3H3,(H,35,45)(H,36,47)(H,37,46)(H,38,44)(H,39,40)(H,41,42)/b22-15-/t23-,24-,28-,29-/m0/s1. The van der Waals surface area contributed by atoms with Crippen LogP contribution in [0.4, 0.5) is 4.79 Å². The molecule has 0 aliphatic rings. The highest BCUT2D eigenvalue weighted by Gasteiger charge is 2.34. The lowest BCUT2D eigenvalue weighted by Crippen LogP contribution is -2.56. The molecule has 0 radical (unpaired) electrons. The van der Waals surface area contributed by atoms with E-state index in [9.17, 15) is 43.8 Å². The fourth-order valence-electron chi connectivity index (χ4n) is 4.30. The maximum Gasteiger partial charge on any atom is 0.408 e. The van der Waals surface area contributed by atoms with Crippen LogP contribution in [0.5, 0.6) is 0 Å². The molecule has 0 aliphatic heterocycles. The van der Waals surface area contributed by atoms with Crippen LogP contribution in [0.15, 0.2) is 71.8 Å². The molecule has 49 heavy (non-hydrogen) atoms. The van der Waals surface area contributed by atoms with Gasteiger partial charge in [0, 0.05) is 11.1 Å².